The molecule has 3 heteroatoms. The van der Waals surface area contributed by atoms with Gasteiger partial charge in [0.05, 0.1) is 0 Å². The van der Waals surface area contributed by atoms with Crippen LogP contribution in [0.3, 0.4) is 0 Å². The van der Waals surface area contributed by atoms with Crippen LogP contribution in [0.4, 0.5) is 0 Å². The molecule has 0 heterocycles. The van der Waals surface area contributed by atoms with Gasteiger partial charge in [0.2, 0.25) is 0 Å². The van der Waals surface area contributed by atoms with Gasteiger partial charge in [-0.05, 0) is 21.0 Å². The molecule has 0 bridgehead atoms. The van der Waals surface area contributed by atoms with Crippen LogP contribution in [0.1, 0.15) is 26.3 Å². The second-order valence-electron chi connectivity index (χ2n) is 8.97. The molecule has 0 N–H and O–H groups in total. The van der Waals surface area contributed by atoms with Gasteiger partial charge in [-0.1, -0.05) is 118 Å². The van der Waals surface area contributed by atoms with Crippen molar-refractivity contribution in [2.45, 2.75) is 31.6 Å². The SMILES string of the molecule is C=C[C@H](CO[Si](c1ccccc1)(c1ccccc1)C(C)(C)C)CSCc1ccccc1. The molecule has 3 aromatic carbocycles. The summed E-state index contributed by atoms with van der Waals surface area (Å²) in [5.74, 6) is 2.34. The third-order valence-electron chi connectivity index (χ3n) is 5.71. The first-order valence-corrected chi connectivity index (χ1v) is 14.0. The average Bonchev–Trinajstić information content (AvgIpc) is 2.79. The van der Waals surface area contributed by atoms with Gasteiger partial charge in [0.1, 0.15) is 0 Å². The minimum Gasteiger partial charge on any atom is -0.407 e. The van der Waals surface area contributed by atoms with Crippen LogP contribution in [0.15, 0.2) is 104 Å². The highest BCUT2D eigenvalue weighted by molar-refractivity contribution is 7.98. The molecule has 0 aliphatic heterocycles. The Balaban J connectivity index is 1.82. The zero-order chi connectivity index (χ0) is 22.2. The molecule has 0 fully saturated rings. The van der Waals surface area contributed by atoms with Gasteiger partial charge in [0.15, 0.2) is 0 Å². The highest BCUT2D eigenvalue weighted by atomic mass is 32.2. The van der Waals surface area contributed by atoms with Crippen molar-refractivity contribution < 1.29 is 4.43 Å². The number of hydrogen-bond acceptors (Lipinski definition) is 2. The molecule has 0 aliphatic rings. The minimum absolute atomic E-state index is 0.00138. The van der Waals surface area contributed by atoms with E-state index >= 15 is 0 Å². The lowest BCUT2D eigenvalue weighted by molar-refractivity contribution is 0.270. The number of thioether (sulfide) groups is 1. The smallest absolute Gasteiger partial charge is 0.261 e. The summed E-state index contributed by atoms with van der Waals surface area (Å²) in [5.41, 5.74) is 1.36. The van der Waals surface area contributed by atoms with E-state index in [1.807, 2.05) is 11.8 Å². The van der Waals surface area contributed by atoms with E-state index in [-0.39, 0.29) is 5.04 Å². The van der Waals surface area contributed by atoms with E-state index in [0.717, 1.165) is 11.5 Å². The molecule has 3 rings (SSSR count). The summed E-state index contributed by atoms with van der Waals surface area (Å²) in [7, 11) is -2.49. The Bertz CT molecular complexity index is 880. The summed E-state index contributed by atoms with van der Waals surface area (Å²) in [6, 6.07) is 32.4. The lowest BCUT2D eigenvalue weighted by Crippen LogP contribution is -2.66. The summed E-state index contributed by atoms with van der Waals surface area (Å²) in [6.07, 6.45) is 2.07. The molecule has 0 amide bonds. The molecule has 162 valence electrons. The van der Waals surface area contributed by atoms with E-state index < -0.39 is 8.32 Å². The van der Waals surface area contributed by atoms with Gasteiger partial charge in [-0.25, -0.2) is 0 Å². The van der Waals surface area contributed by atoms with Crippen molar-refractivity contribution in [2.24, 2.45) is 5.92 Å². The van der Waals surface area contributed by atoms with Crippen LogP contribution in [-0.4, -0.2) is 20.7 Å². The third kappa shape index (κ3) is 5.79. The molecule has 0 aromatic heterocycles. The Kier molecular flexibility index (Phi) is 8.36. The van der Waals surface area contributed by atoms with Gasteiger partial charge in [-0.2, -0.15) is 11.8 Å². The van der Waals surface area contributed by atoms with Crippen LogP contribution >= 0.6 is 11.8 Å². The summed E-state index contributed by atoms with van der Waals surface area (Å²) < 4.78 is 7.08. The van der Waals surface area contributed by atoms with Crippen molar-refractivity contribution in [1.82, 2.24) is 0 Å². The Morgan fingerprint density at radius 2 is 1.32 bits per heavy atom. The van der Waals surface area contributed by atoms with E-state index in [1.165, 1.54) is 15.9 Å². The Morgan fingerprint density at radius 1 is 0.839 bits per heavy atom. The molecule has 0 aliphatic carbocycles. The normalized spacial score (nSPS) is 13.0. The van der Waals surface area contributed by atoms with Crippen LogP contribution in [-0.2, 0) is 10.2 Å². The predicted molar refractivity (Wildman–Crippen MR) is 140 cm³/mol. The van der Waals surface area contributed by atoms with Crippen LogP contribution in [0, 0.1) is 5.92 Å². The standard InChI is InChI=1S/C28H34OSSi/c1-5-24(22-30-23-25-15-9-6-10-16-25)21-29-31(28(2,3)4,26-17-11-7-12-18-26)27-19-13-8-14-20-27/h5-20,24H,1,21-23H2,2-4H3/t24-/m1/s1. The quantitative estimate of drug-likeness (QED) is 0.267. The molecular formula is C28H34OSSi. The monoisotopic (exact) mass is 446 g/mol. The third-order valence-corrected chi connectivity index (χ3v) is 11.9. The maximum absolute atomic E-state index is 7.08. The average molecular weight is 447 g/mol. The minimum atomic E-state index is -2.49. The molecule has 31 heavy (non-hydrogen) atoms. The van der Waals surface area contributed by atoms with E-state index in [4.69, 9.17) is 4.43 Å². The summed E-state index contributed by atoms with van der Waals surface area (Å²) in [6.45, 7) is 11.8. The number of rotatable bonds is 10. The molecule has 0 saturated heterocycles. The number of hydrogen-bond donors (Lipinski definition) is 0. The largest absolute Gasteiger partial charge is 0.407 e. The van der Waals surface area contributed by atoms with Crippen LogP contribution in [0.2, 0.25) is 5.04 Å². The van der Waals surface area contributed by atoms with Crippen molar-refractivity contribution in [1.29, 1.82) is 0 Å². The summed E-state index contributed by atoms with van der Waals surface area (Å²) in [4.78, 5) is 0. The molecule has 0 unspecified atom stereocenters. The second kappa shape index (κ2) is 11.0. The predicted octanol–water partition coefficient (Wildman–Crippen LogP) is 6.30. The van der Waals surface area contributed by atoms with E-state index in [0.29, 0.717) is 12.5 Å². The fourth-order valence-electron chi connectivity index (χ4n) is 4.08. The molecular weight excluding hydrogens is 412 g/mol. The van der Waals surface area contributed by atoms with Gasteiger partial charge in [0, 0.05) is 24.0 Å². The Morgan fingerprint density at radius 3 is 1.77 bits per heavy atom. The van der Waals surface area contributed by atoms with Crippen molar-refractivity contribution in [3.63, 3.8) is 0 Å². The molecule has 0 radical (unpaired) electrons. The van der Waals surface area contributed by atoms with Crippen molar-refractivity contribution in [3.05, 3.63) is 109 Å². The lowest BCUT2D eigenvalue weighted by Gasteiger charge is -2.43. The first-order chi connectivity index (χ1) is 15.0. The first-order valence-electron chi connectivity index (χ1n) is 11.0. The van der Waals surface area contributed by atoms with Crippen molar-refractivity contribution in [2.75, 3.05) is 12.4 Å². The molecule has 3 aromatic rings. The fourth-order valence-corrected chi connectivity index (χ4v) is 9.78. The highest BCUT2D eigenvalue weighted by Gasteiger charge is 2.50. The Hall–Kier alpha value is -2.07. The number of benzene rings is 3. The van der Waals surface area contributed by atoms with Gasteiger partial charge < -0.3 is 4.43 Å². The zero-order valence-corrected chi connectivity index (χ0v) is 20.8. The van der Waals surface area contributed by atoms with Crippen LogP contribution in [0.5, 0.6) is 0 Å². The Labute approximate surface area is 193 Å². The van der Waals surface area contributed by atoms with Crippen LogP contribution < -0.4 is 10.4 Å². The maximum Gasteiger partial charge on any atom is 0.261 e. The highest BCUT2D eigenvalue weighted by Crippen LogP contribution is 2.37. The molecule has 0 saturated carbocycles. The van der Waals surface area contributed by atoms with Gasteiger partial charge in [0.25, 0.3) is 8.32 Å². The van der Waals surface area contributed by atoms with Crippen molar-refractivity contribution in [3.8, 4) is 0 Å². The van der Waals surface area contributed by atoms with E-state index in [1.54, 1.807) is 0 Å². The van der Waals surface area contributed by atoms with E-state index in [9.17, 15) is 0 Å². The van der Waals surface area contributed by atoms with Gasteiger partial charge in [-0.3, -0.25) is 0 Å². The lowest BCUT2D eigenvalue weighted by atomic mass is 10.2. The molecule has 0 spiro atoms. The topological polar surface area (TPSA) is 9.23 Å². The molecule has 1 nitrogen and oxygen atoms in total. The first kappa shape index (κ1) is 23.6. The zero-order valence-electron chi connectivity index (χ0n) is 19.0. The fraction of sp³-hybridized carbons (Fsp3) is 0.286. The summed E-state index contributed by atoms with van der Waals surface area (Å²) >= 11 is 1.95. The summed E-state index contributed by atoms with van der Waals surface area (Å²) in [5, 5.41) is 2.65. The van der Waals surface area contributed by atoms with Gasteiger partial charge in [-0.15, -0.1) is 6.58 Å². The maximum atomic E-state index is 7.08. The van der Waals surface area contributed by atoms with Crippen LogP contribution in [0.25, 0.3) is 0 Å². The molecule has 1 atom stereocenters. The van der Waals surface area contributed by atoms with Crippen molar-refractivity contribution >= 4 is 30.5 Å². The van der Waals surface area contributed by atoms with E-state index in [2.05, 4.69) is 124 Å². The van der Waals surface area contributed by atoms with Gasteiger partial charge >= 0.3 is 0 Å². The second-order valence-corrected chi connectivity index (χ2v) is 14.3.